The molecule has 0 heterocycles. The molecule has 0 spiro atoms. The Balaban J connectivity index is 2.18. The van der Waals surface area contributed by atoms with Gasteiger partial charge in [-0.15, -0.1) is 0 Å². The van der Waals surface area contributed by atoms with Crippen LogP contribution in [0.5, 0.6) is 0 Å². The van der Waals surface area contributed by atoms with E-state index in [1.807, 2.05) is 0 Å². The lowest BCUT2D eigenvalue weighted by atomic mass is 10.1. The molecule has 0 radical (unpaired) electrons. The van der Waals surface area contributed by atoms with Crippen molar-refractivity contribution in [3.8, 4) is 0 Å². The monoisotopic (exact) mass is 298 g/mol. The molecule has 1 aromatic rings. The van der Waals surface area contributed by atoms with Gasteiger partial charge in [0.2, 0.25) is 0 Å². The third-order valence-electron chi connectivity index (χ3n) is 2.73. The third kappa shape index (κ3) is 6.20. The second-order valence-corrected chi connectivity index (χ2v) is 5.64. The van der Waals surface area contributed by atoms with Crippen LogP contribution in [0.25, 0.3) is 0 Å². The lowest BCUT2D eigenvalue weighted by Gasteiger charge is -2.10. The molecule has 17 heavy (non-hydrogen) atoms. The van der Waals surface area contributed by atoms with Crippen LogP contribution in [0.3, 0.4) is 0 Å². The minimum Gasteiger partial charge on any atom is -0.313 e. The molecule has 3 heteroatoms. The zero-order valence-electron chi connectivity index (χ0n) is 11.1. The number of hydrogen-bond donors (Lipinski definition) is 1. The highest BCUT2D eigenvalue weighted by molar-refractivity contribution is 9.10. The van der Waals surface area contributed by atoms with E-state index in [0.717, 1.165) is 13.1 Å². The second kappa shape index (κ2) is 7.85. The van der Waals surface area contributed by atoms with Crippen molar-refractivity contribution in [2.45, 2.75) is 26.3 Å². The van der Waals surface area contributed by atoms with Crippen molar-refractivity contribution in [1.29, 1.82) is 0 Å². The van der Waals surface area contributed by atoms with Crippen molar-refractivity contribution in [3.05, 3.63) is 33.8 Å². The molecule has 1 rings (SSSR count). The fraction of sp³-hybridized carbons (Fsp3) is 0.571. The SMILES string of the molecule is Cc1ccc(CNCCCCN(C)C)c(Br)c1. The Morgan fingerprint density at radius 2 is 2.00 bits per heavy atom. The number of benzene rings is 1. The van der Waals surface area contributed by atoms with Crippen molar-refractivity contribution >= 4 is 15.9 Å². The number of nitrogens with zero attached hydrogens (tertiary/aromatic N) is 1. The Hall–Kier alpha value is -0.380. The van der Waals surface area contributed by atoms with E-state index >= 15 is 0 Å². The molecule has 96 valence electrons. The predicted octanol–water partition coefficient (Wildman–Crippen LogP) is 3.19. The molecule has 1 aromatic carbocycles. The number of rotatable bonds is 7. The zero-order valence-corrected chi connectivity index (χ0v) is 12.7. The number of aryl methyl sites for hydroxylation is 1. The van der Waals surface area contributed by atoms with E-state index in [4.69, 9.17) is 0 Å². The van der Waals surface area contributed by atoms with Crippen LogP contribution in [0, 0.1) is 6.92 Å². The average Bonchev–Trinajstić information content (AvgIpc) is 2.25. The average molecular weight is 299 g/mol. The molecule has 2 nitrogen and oxygen atoms in total. The fourth-order valence-corrected chi connectivity index (χ4v) is 2.33. The molecule has 0 saturated heterocycles. The molecule has 0 saturated carbocycles. The summed E-state index contributed by atoms with van der Waals surface area (Å²) in [6, 6.07) is 6.52. The van der Waals surface area contributed by atoms with Gasteiger partial charge in [-0.3, -0.25) is 0 Å². The molecular formula is C14H23BrN2. The van der Waals surface area contributed by atoms with Gasteiger partial charge in [0, 0.05) is 11.0 Å². The first-order valence-corrected chi connectivity index (χ1v) is 6.99. The molecule has 0 bridgehead atoms. The van der Waals surface area contributed by atoms with E-state index in [2.05, 4.69) is 65.4 Å². The molecule has 0 unspecified atom stereocenters. The second-order valence-electron chi connectivity index (χ2n) is 4.78. The Kier molecular flexibility index (Phi) is 6.78. The summed E-state index contributed by atoms with van der Waals surface area (Å²) < 4.78 is 1.21. The predicted molar refractivity (Wildman–Crippen MR) is 78.4 cm³/mol. The quantitative estimate of drug-likeness (QED) is 0.778. The Labute approximate surface area is 114 Å². The largest absolute Gasteiger partial charge is 0.313 e. The standard InChI is InChI=1S/C14H23BrN2/c1-12-6-7-13(14(15)10-12)11-16-8-4-5-9-17(2)3/h6-7,10,16H,4-5,8-9,11H2,1-3H3. The van der Waals surface area contributed by atoms with Gasteiger partial charge in [-0.25, -0.2) is 0 Å². The van der Waals surface area contributed by atoms with Crippen LogP contribution in [-0.4, -0.2) is 32.1 Å². The minimum atomic E-state index is 0.947. The van der Waals surface area contributed by atoms with E-state index in [0.29, 0.717) is 0 Å². The lowest BCUT2D eigenvalue weighted by Crippen LogP contribution is -2.18. The number of hydrogen-bond acceptors (Lipinski definition) is 2. The van der Waals surface area contributed by atoms with Crippen LogP contribution >= 0.6 is 15.9 Å². The Morgan fingerprint density at radius 1 is 1.24 bits per heavy atom. The van der Waals surface area contributed by atoms with Crippen molar-refractivity contribution in [3.63, 3.8) is 0 Å². The van der Waals surface area contributed by atoms with Crippen LogP contribution in [0.2, 0.25) is 0 Å². The van der Waals surface area contributed by atoms with Crippen LogP contribution in [0.4, 0.5) is 0 Å². The molecule has 0 aliphatic rings. The first kappa shape index (κ1) is 14.7. The van der Waals surface area contributed by atoms with Gasteiger partial charge in [0.25, 0.3) is 0 Å². The van der Waals surface area contributed by atoms with Crippen LogP contribution in [-0.2, 0) is 6.54 Å². The van der Waals surface area contributed by atoms with E-state index in [9.17, 15) is 0 Å². The number of nitrogens with one attached hydrogen (secondary N) is 1. The Morgan fingerprint density at radius 3 is 2.65 bits per heavy atom. The highest BCUT2D eigenvalue weighted by Crippen LogP contribution is 2.17. The van der Waals surface area contributed by atoms with E-state index in [1.54, 1.807) is 0 Å². The van der Waals surface area contributed by atoms with Gasteiger partial charge in [-0.05, 0) is 64.1 Å². The van der Waals surface area contributed by atoms with Gasteiger partial charge in [-0.1, -0.05) is 28.1 Å². The summed E-state index contributed by atoms with van der Waals surface area (Å²) in [5, 5.41) is 3.49. The molecule has 0 amide bonds. The molecule has 0 fully saturated rings. The van der Waals surface area contributed by atoms with Gasteiger partial charge in [0.1, 0.15) is 0 Å². The van der Waals surface area contributed by atoms with Crippen molar-refractivity contribution in [2.24, 2.45) is 0 Å². The van der Waals surface area contributed by atoms with E-state index in [1.165, 1.54) is 35.0 Å². The first-order valence-electron chi connectivity index (χ1n) is 6.20. The summed E-state index contributed by atoms with van der Waals surface area (Å²) in [5.41, 5.74) is 2.63. The highest BCUT2D eigenvalue weighted by Gasteiger charge is 1.99. The maximum atomic E-state index is 3.60. The third-order valence-corrected chi connectivity index (χ3v) is 3.47. The molecule has 0 aliphatic carbocycles. The molecule has 0 atom stereocenters. The van der Waals surface area contributed by atoms with Crippen molar-refractivity contribution in [2.75, 3.05) is 27.2 Å². The van der Waals surface area contributed by atoms with Gasteiger partial charge >= 0.3 is 0 Å². The summed E-state index contributed by atoms with van der Waals surface area (Å²) in [5.74, 6) is 0. The summed E-state index contributed by atoms with van der Waals surface area (Å²) in [7, 11) is 4.24. The maximum absolute atomic E-state index is 3.60. The first-order chi connectivity index (χ1) is 8.09. The summed E-state index contributed by atoms with van der Waals surface area (Å²) >= 11 is 3.60. The van der Waals surface area contributed by atoms with Crippen LogP contribution in [0.15, 0.2) is 22.7 Å². The van der Waals surface area contributed by atoms with Gasteiger partial charge in [0.15, 0.2) is 0 Å². The minimum absolute atomic E-state index is 0.947. The zero-order chi connectivity index (χ0) is 12.7. The number of unbranched alkanes of at least 4 members (excludes halogenated alkanes) is 1. The Bertz CT molecular complexity index is 337. The highest BCUT2D eigenvalue weighted by atomic mass is 79.9. The fourth-order valence-electron chi connectivity index (χ4n) is 1.70. The molecule has 0 aromatic heterocycles. The topological polar surface area (TPSA) is 15.3 Å². The maximum Gasteiger partial charge on any atom is 0.0222 e. The van der Waals surface area contributed by atoms with E-state index in [-0.39, 0.29) is 0 Å². The summed E-state index contributed by atoms with van der Waals surface area (Å²) in [6.07, 6.45) is 2.50. The van der Waals surface area contributed by atoms with E-state index < -0.39 is 0 Å². The number of halogens is 1. The molecule has 1 N–H and O–H groups in total. The normalized spacial score (nSPS) is 11.1. The van der Waals surface area contributed by atoms with Gasteiger partial charge < -0.3 is 10.2 Å². The smallest absolute Gasteiger partial charge is 0.0222 e. The van der Waals surface area contributed by atoms with Crippen molar-refractivity contribution < 1.29 is 0 Å². The van der Waals surface area contributed by atoms with Crippen LogP contribution in [0.1, 0.15) is 24.0 Å². The molecule has 0 aliphatic heterocycles. The summed E-state index contributed by atoms with van der Waals surface area (Å²) in [4.78, 5) is 2.23. The van der Waals surface area contributed by atoms with Gasteiger partial charge in [0.05, 0.1) is 0 Å². The lowest BCUT2D eigenvalue weighted by molar-refractivity contribution is 0.391. The molecular weight excluding hydrogens is 276 g/mol. The van der Waals surface area contributed by atoms with Gasteiger partial charge in [-0.2, -0.15) is 0 Å². The van der Waals surface area contributed by atoms with Crippen molar-refractivity contribution in [1.82, 2.24) is 10.2 Å². The van der Waals surface area contributed by atoms with Crippen LogP contribution < -0.4 is 5.32 Å². The summed E-state index contributed by atoms with van der Waals surface area (Å²) in [6.45, 7) is 5.33.